The van der Waals surface area contributed by atoms with Crippen LogP contribution in [0.5, 0.6) is 0 Å². The Labute approximate surface area is 169 Å². The molecule has 2 bridgehead atoms. The number of thiophene rings is 1. The molecule has 1 amide bonds. The smallest absolute Gasteiger partial charge is 0.254 e. The molecule has 0 spiro atoms. The lowest BCUT2D eigenvalue weighted by Gasteiger charge is -2.41. The minimum atomic E-state index is 0.137. The summed E-state index contributed by atoms with van der Waals surface area (Å²) in [5.74, 6) is 0.137. The normalized spacial score (nSPS) is 21.8. The van der Waals surface area contributed by atoms with Gasteiger partial charge in [0.25, 0.3) is 5.91 Å². The number of pyridine rings is 1. The number of piperazine rings is 1. The van der Waals surface area contributed by atoms with E-state index in [2.05, 4.69) is 51.0 Å². The predicted molar refractivity (Wildman–Crippen MR) is 112 cm³/mol. The molecule has 0 radical (unpaired) electrons. The van der Waals surface area contributed by atoms with Gasteiger partial charge in [0, 0.05) is 49.7 Å². The van der Waals surface area contributed by atoms with E-state index in [9.17, 15) is 4.79 Å². The average Bonchev–Trinajstić information content (AvgIpc) is 3.35. The van der Waals surface area contributed by atoms with E-state index in [1.54, 1.807) is 23.7 Å². The number of nitrogens with zero attached hydrogens (tertiary/aromatic N) is 3. The molecule has 2 atom stereocenters. The van der Waals surface area contributed by atoms with Crippen molar-refractivity contribution in [3.63, 3.8) is 0 Å². The second kappa shape index (κ2) is 7.49. The minimum absolute atomic E-state index is 0.137. The summed E-state index contributed by atoms with van der Waals surface area (Å²) in [6.45, 7) is 2.61. The number of amides is 1. The minimum Gasteiger partial charge on any atom is -0.336 e. The van der Waals surface area contributed by atoms with Crippen LogP contribution in [0.25, 0.3) is 11.1 Å². The van der Waals surface area contributed by atoms with E-state index in [4.69, 9.17) is 0 Å². The zero-order valence-corrected chi connectivity index (χ0v) is 16.5. The molecule has 0 aliphatic carbocycles. The molecule has 2 fully saturated rings. The lowest BCUT2D eigenvalue weighted by atomic mass is 10.0. The Morgan fingerprint density at radius 1 is 1.04 bits per heavy atom. The number of fused-ring (bicyclic) bond motifs is 2. The zero-order chi connectivity index (χ0) is 18.9. The van der Waals surface area contributed by atoms with Crippen LogP contribution in [-0.2, 0) is 6.54 Å². The van der Waals surface area contributed by atoms with E-state index < -0.39 is 0 Å². The van der Waals surface area contributed by atoms with Gasteiger partial charge in [0.1, 0.15) is 0 Å². The van der Waals surface area contributed by atoms with Crippen molar-refractivity contribution in [1.29, 1.82) is 0 Å². The number of likely N-dealkylation sites (tertiary alicyclic amines) is 1. The van der Waals surface area contributed by atoms with E-state index >= 15 is 0 Å². The quantitative estimate of drug-likeness (QED) is 0.668. The Hall–Kier alpha value is -2.50. The Balaban J connectivity index is 1.30. The lowest BCUT2D eigenvalue weighted by molar-refractivity contribution is 0.0423. The average molecular weight is 390 g/mol. The molecule has 1 aromatic carbocycles. The summed E-state index contributed by atoms with van der Waals surface area (Å²) < 4.78 is 0. The summed E-state index contributed by atoms with van der Waals surface area (Å²) >= 11 is 1.74. The molecule has 0 saturated carbocycles. The van der Waals surface area contributed by atoms with E-state index in [0.29, 0.717) is 12.1 Å². The third kappa shape index (κ3) is 3.36. The summed E-state index contributed by atoms with van der Waals surface area (Å²) in [6, 6.07) is 15.6. The van der Waals surface area contributed by atoms with Crippen LogP contribution in [0.15, 0.2) is 65.6 Å². The van der Waals surface area contributed by atoms with Gasteiger partial charge in [0.05, 0.1) is 0 Å². The zero-order valence-electron chi connectivity index (χ0n) is 15.7. The summed E-state index contributed by atoms with van der Waals surface area (Å²) in [5.41, 5.74) is 4.68. The number of aromatic nitrogens is 1. The van der Waals surface area contributed by atoms with Gasteiger partial charge >= 0.3 is 0 Å². The molecule has 4 nitrogen and oxygen atoms in total. The lowest BCUT2D eigenvalue weighted by Crippen LogP contribution is -2.54. The van der Waals surface area contributed by atoms with Gasteiger partial charge in [-0.25, -0.2) is 0 Å². The highest BCUT2D eigenvalue weighted by molar-refractivity contribution is 7.08. The first-order valence-electron chi connectivity index (χ1n) is 9.84. The van der Waals surface area contributed by atoms with E-state index in [-0.39, 0.29) is 5.91 Å². The first kappa shape index (κ1) is 17.6. The predicted octanol–water partition coefficient (Wildman–Crippen LogP) is 4.30. The molecule has 2 unspecified atom stereocenters. The fourth-order valence-corrected chi connectivity index (χ4v) is 5.25. The van der Waals surface area contributed by atoms with Crippen molar-refractivity contribution >= 4 is 17.2 Å². The first-order chi connectivity index (χ1) is 13.8. The second-order valence-electron chi connectivity index (χ2n) is 7.72. The van der Waals surface area contributed by atoms with Crippen LogP contribution < -0.4 is 0 Å². The molecule has 0 N–H and O–H groups in total. The maximum Gasteiger partial charge on any atom is 0.254 e. The summed E-state index contributed by atoms with van der Waals surface area (Å²) in [6.07, 6.45) is 5.74. The number of rotatable bonds is 4. The van der Waals surface area contributed by atoms with Crippen molar-refractivity contribution in [2.24, 2.45) is 0 Å². The van der Waals surface area contributed by atoms with Gasteiger partial charge in [-0.1, -0.05) is 18.2 Å². The Morgan fingerprint density at radius 3 is 2.54 bits per heavy atom. The largest absolute Gasteiger partial charge is 0.336 e. The highest BCUT2D eigenvalue weighted by Crippen LogP contribution is 2.33. The van der Waals surface area contributed by atoms with Gasteiger partial charge in [-0.3, -0.25) is 14.7 Å². The molecule has 4 heterocycles. The second-order valence-corrected chi connectivity index (χ2v) is 8.50. The van der Waals surface area contributed by atoms with Crippen LogP contribution in [0, 0.1) is 0 Å². The number of carbonyl (C=O) groups excluding carboxylic acids is 1. The third-order valence-corrected chi connectivity index (χ3v) is 6.68. The molecule has 5 heteroatoms. The van der Waals surface area contributed by atoms with Crippen molar-refractivity contribution in [3.8, 4) is 11.1 Å². The maximum absolute atomic E-state index is 12.8. The molecule has 5 rings (SSSR count). The number of carbonyl (C=O) groups is 1. The van der Waals surface area contributed by atoms with Crippen LogP contribution in [0.1, 0.15) is 28.8 Å². The van der Waals surface area contributed by atoms with Gasteiger partial charge < -0.3 is 4.90 Å². The molecule has 2 aliphatic heterocycles. The van der Waals surface area contributed by atoms with Crippen LogP contribution in [-0.4, -0.2) is 45.9 Å². The Morgan fingerprint density at radius 2 is 1.82 bits per heavy atom. The van der Waals surface area contributed by atoms with E-state index in [1.165, 1.54) is 29.5 Å². The van der Waals surface area contributed by atoms with Crippen molar-refractivity contribution in [3.05, 3.63) is 76.7 Å². The molecule has 2 aliphatic rings. The fourth-order valence-electron chi connectivity index (χ4n) is 4.58. The highest BCUT2D eigenvalue weighted by Gasteiger charge is 2.41. The summed E-state index contributed by atoms with van der Waals surface area (Å²) in [7, 11) is 0. The van der Waals surface area contributed by atoms with Gasteiger partial charge in [0.15, 0.2) is 0 Å². The van der Waals surface area contributed by atoms with Crippen LogP contribution in [0.2, 0.25) is 0 Å². The monoisotopic (exact) mass is 389 g/mol. The molecule has 2 aromatic heterocycles. The Kier molecular flexibility index (Phi) is 4.71. The molecular formula is C23H23N3OS. The van der Waals surface area contributed by atoms with Gasteiger partial charge in [-0.2, -0.15) is 11.3 Å². The molecule has 142 valence electrons. The van der Waals surface area contributed by atoms with Gasteiger partial charge in [0.2, 0.25) is 0 Å². The SMILES string of the molecule is O=C(c1ccncc1)N1CC2CCC(C1)N2Cc1cccc(-c2ccsc2)c1. The number of hydrogen-bond acceptors (Lipinski definition) is 4. The first-order valence-corrected chi connectivity index (χ1v) is 10.8. The molecule has 28 heavy (non-hydrogen) atoms. The van der Waals surface area contributed by atoms with E-state index in [0.717, 1.165) is 25.2 Å². The van der Waals surface area contributed by atoms with Crippen LogP contribution in [0.3, 0.4) is 0 Å². The van der Waals surface area contributed by atoms with Gasteiger partial charge in [-0.05, 0) is 64.6 Å². The number of benzene rings is 1. The maximum atomic E-state index is 12.8. The highest BCUT2D eigenvalue weighted by atomic mass is 32.1. The van der Waals surface area contributed by atoms with Crippen LogP contribution in [0.4, 0.5) is 0 Å². The molecular weight excluding hydrogens is 366 g/mol. The standard InChI is InChI=1S/C23H23N3OS/c27-23(18-6-9-24-10-7-18)25-14-21-4-5-22(15-25)26(21)13-17-2-1-3-19(12-17)20-8-11-28-16-20/h1-3,6-12,16,21-22H,4-5,13-15H2. The molecule has 2 saturated heterocycles. The van der Waals surface area contributed by atoms with Crippen LogP contribution >= 0.6 is 11.3 Å². The van der Waals surface area contributed by atoms with Gasteiger partial charge in [-0.15, -0.1) is 0 Å². The van der Waals surface area contributed by atoms with E-state index in [1.807, 2.05) is 17.0 Å². The van der Waals surface area contributed by atoms with Crippen molar-refractivity contribution < 1.29 is 4.79 Å². The molecule has 3 aromatic rings. The summed E-state index contributed by atoms with van der Waals surface area (Å²) in [4.78, 5) is 21.5. The third-order valence-electron chi connectivity index (χ3n) is 5.99. The summed E-state index contributed by atoms with van der Waals surface area (Å²) in [5, 5.41) is 4.33. The van der Waals surface area contributed by atoms with Crippen molar-refractivity contribution in [1.82, 2.24) is 14.8 Å². The Bertz CT molecular complexity index is 943. The van der Waals surface area contributed by atoms with Crippen molar-refractivity contribution in [2.45, 2.75) is 31.5 Å². The number of hydrogen-bond donors (Lipinski definition) is 0. The topological polar surface area (TPSA) is 36.4 Å². The van der Waals surface area contributed by atoms with Crippen molar-refractivity contribution in [2.75, 3.05) is 13.1 Å². The fraction of sp³-hybridized carbons (Fsp3) is 0.304.